The van der Waals surface area contributed by atoms with E-state index < -0.39 is 17.9 Å². The molecular weight excluding hydrogens is 329 g/mol. The van der Waals surface area contributed by atoms with Crippen LogP contribution in [0.3, 0.4) is 0 Å². The molecule has 1 unspecified atom stereocenters. The van der Waals surface area contributed by atoms with Crippen molar-refractivity contribution < 1.29 is 23.8 Å². The van der Waals surface area contributed by atoms with Gasteiger partial charge in [0.1, 0.15) is 11.5 Å². The van der Waals surface area contributed by atoms with Crippen molar-refractivity contribution in [1.82, 2.24) is 14.7 Å². The molecule has 3 rings (SSSR count). The van der Waals surface area contributed by atoms with E-state index in [1.807, 2.05) is 0 Å². The van der Waals surface area contributed by atoms with Gasteiger partial charge in [0, 0.05) is 6.54 Å². The summed E-state index contributed by atoms with van der Waals surface area (Å²) in [4.78, 5) is 25.4. The fourth-order valence-corrected chi connectivity index (χ4v) is 2.91. The molecule has 2 atom stereocenters. The van der Waals surface area contributed by atoms with Crippen LogP contribution in [0.25, 0.3) is 5.69 Å². The maximum absolute atomic E-state index is 14.0. The standard InChI is InChI=1S/C17H18FN3O4/c1-10-8-20(9-15(25-10)17(23)24)16(22)12-7-19-21(11(12)2)14-6-4-3-5-13(14)18/h3-7,10,15H,8-9H2,1-2H3,(H,23,24)/t10-,15?/m1/s1. The molecule has 8 heteroatoms. The highest BCUT2D eigenvalue weighted by atomic mass is 19.1. The third kappa shape index (κ3) is 3.25. The van der Waals surface area contributed by atoms with E-state index in [1.165, 1.54) is 21.8 Å². The average Bonchev–Trinajstić information content (AvgIpc) is 2.95. The molecule has 0 aliphatic carbocycles. The van der Waals surface area contributed by atoms with Crippen molar-refractivity contribution in [2.75, 3.05) is 13.1 Å². The maximum Gasteiger partial charge on any atom is 0.334 e. The smallest absolute Gasteiger partial charge is 0.334 e. The number of carbonyl (C=O) groups is 2. The third-order valence-corrected chi connectivity index (χ3v) is 4.14. The van der Waals surface area contributed by atoms with Gasteiger partial charge in [0.05, 0.1) is 30.1 Å². The summed E-state index contributed by atoms with van der Waals surface area (Å²) in [7, 11) is 0. The van der Waals surface area contributed by atoms with E-state index >= 15 is 0 Å². The second-order valence-electron chi connectivity index (χ2n) is 5.99. The van der Waals surface area contributed by atoms with E-state index in [4.69, 9.17) is 9.84 Å². The molecule has 1 N–H and O–H groups in total. The van der Waals surface area contributed by atoms with E-state index in [0.29, 0.717) is 11.3 Å². The van der Waals surface area contributed by atoms with E-state index in [1.54, 1.807) is 32.0 Å². The van der Waals surface area contributed by atoms with Gasteiger partial charge in [-0.2, -0.15) is 5.10 Å². The normalized spacial score (nSPS) is 20.5. The molecule has 132 valence electrons. The quantitative estimate of drug-likeness (QED) is 0.912. The van der Waals surface area contributed by atoms with Gasteiger partial charge in [-0.25, -0.2) is 13.9 Å². The highest BCUT2D eigenvalue weighted by Crippen LogP contribution is 2.20. The van der Waals surface area contributed by atoms with Crippen molar-refractivity contribution in [1.29, 1.82) is 0 Å². The van der Waals surface area contributed by atoms with Crippen LogP contribution in [0.2, 0.25) is 0 Å². The zero-order valence-corrected chi connectivity index (χ0v) is 13.8. The van der Waals surface area contributed by atoms with Crippen LogP contribution in [0.5, 0.6) is 0 Å². The lowest BCUT2D eigenvalue weighted by Gasteiger charge is -2.34. The molecule has 7 nitrogen and oxygen atoms in total. The van der Waals surface area contributed by atoms with Crippen molar-refractivity contribution in [3.63, 3.8) is 0 Å². The van der Waals surface area contributed by atoms with Crippen molar-refractivity contribution in [3.8, 4) is 5.69 Å². The lowest BCUT2D eigenvalue weighted by molar-refractivity contribution is -0.160. The fraction of sp³-hybridized carbons (Fsp3) is 0.353. The molecule has 1 aliphatic heterocycles. The topological polar surface area (TPSA) is 84.7 Å². The van der Waals surface area contributed by atoms with Crippen LogP contribution in [0.1, 0.15) is 23.0 Å². The lowest BCUT2D eigenvalue weighted by atomic mass is 10.1. The van der Waals surface area contributed by atoms with E-state index in [0.717, 1.165) is 0 Å². The Bertz CT molecular complexity index is 820. The molecule has 0 radical (unpaired) electrons. The molecule has 1 saturated heterocycles. The van der Waals surface area contributed by atoms with Gasteiger partial charge < -0.3 is 14.7 Å². The number of halogens is 1. The molecule has 0 saturated carbocycles. The number of hydrogen-bond donors (Lipinski definition) is 1. The Morgan fingerprint density at radius 2 is 2.04 bits per heavy atom. The van der Waals surface area contributed by atoms with Gasteiger partial charge in [0.2, 0.25) is 0 Å². The van der Waals surface area contributed by atoms with Crippen LogP contribution < -0.4 is 0 Å². The Morgan fingerprint density at radius 1 is 1.32 bits per heavy atom. The van der Waals surface area contributed by atoms with Crippen molar-refractivity contribution in [3.05, 3.63) is 47.5 Å². The summed E-state index contributed by atoms with van der Waals surface area (Å²) >= 11 is 0. The predicted octanol–water partition coefficient (Wildman–Crippen LogP) is 1.63. The minimum Gasteiger partial charge on any atom is -0.479 e. The molecule has 2 aromatic rings. The van der Waals surface area contributed by atoms with Gasteiger partial charge in [0.15, 0.2) is 6.10 Å². The zero-order chi connectivity index (χ0) is 18.1. The number of carboxylic acids is 1. The van der Waals surface area contributed by atoms with Gasteiger partial charge in [0.25, 0.3) is 5.91 Å². The first kappa shape index (κ1) is 17.1. The van der Waals surface area contributed by atoms with Crippen LogP contribution in [0, 0.1) is 12.7 Å². The van der Waals surface area contributed by atoms with Gasteiger partial charge in [-0.1, -0.05) is 12.1 Å². The Labute approximate surface area is 143 Å². The molecule has 2 heterocycles. The Morgan fingerprint density at radius 3 is 2.72 bits per heavy atom. The fourth-order valence-electron chi connectivity index (χ4n) is 2.91. The minimum absolute atomic E-state index is 0.0389. The number of para-hydroxylation sites is 1. The summed E-state index contributed by atoms with van der Waals surface area (Å²) in [6, 6.07) is 6.15. The highest BCUT2D eigenvalue weighted by Gasteiger charge is 2.34. The molecule has 1 fully saturated rings. The number of aliphatic carboxylic acids is 1. The molecule has 1 aromatic heterocycles. The van der Waals surface area contributed by atoms with E-state index in [9.17, 15) is 14.0 Å². The SMILES string of the molecule is Cc1c(C(=O)N2CC(C(=O)O)O[C@H](C)C2)cnn1-c1ccccc1F. The zero-order valence-electron chi connectivity index (χ0n) is 13.8. The summed E-state index contributed by atoms with van der Waals surface area (Å²) < 4.78 is 20.7. The van der Waals surface area contributed by atoms with Gasteiger partial charge in [-0.05, 0) is 26.0 Å². The first-order chi connectivity index (χ1) is 11.9. The number of rotatable bonds is 3. The number of aromatic nitrogens is 2. The van der Waals surface area contributed by atoms with Crippen molar-refractivity contribution in [2.45, 2.75) is 26.1 Å². The molecule has 25 heavy (non-hydrogen) atoms. The van der Waals surface area contributed by atoms with E-state index in [-0.39, 0.29) is 30.8 Å². The second-order valence-corrected chi connectivity index (χ2v) is 5.99. The Balaban J connectivity index is 1.89. The number of hydrogen-bond acceptors (Lipinski definition) is 4. The summed E-state index contributed by atoms with van der Waals surface area (Å²) in [5.74, 6) is -1.90. The largest absolute Gasteiger partial charge is 0.479 e. The lowest BCUT2D eigenvalue weighted by Crippen LogP contribution is -2.51. The minimum atomic E-state index is -1.11. The average molecular weight is 347 g/mol. The number of benzene rings is 1. The van der Waals surface area contributed by atoms with E-state index in [2.05, 4.69) is 5.10 Å². The molecule has 1 aliphatic rings. The summed E-state index contributed by atoms with van der Waals surface area (Å²) in [6.45, 7) is 3.63. The van der Waals surface area contributed by atoms with Crippen LogP contribution in [0.15, 0.2) is 30.5 Å². The Hall–Kier alpha value is -2.74. The molecule has 0 spiro atoms. The number of amides is 1. The van der Waals surface area contributed by atoms with Crippen molar-refractivity contribution >= 4 is 11.9 Å². The van der Waals surface area contributed by atoms with Crippen molar-refractivity contribution in [2.24, 2.45) is 0 Å². The van der Waals surface area contributed by atoms with Crippen LogP contribution in [-0.2, 0) is 9.53 Å². The van der Waals surface area contributed by atoms with Gasteiger partial charge in [-0.3, -0.25) is 4.79 Å². The highest BCUT2D eigenvalue weighted by molar-refractivity contribution is 5.95. The monoisotopic (exact) mass is 347 g/mol. The predicted molar refractivity (Wildman–Crippen MR) is 86.1 cm³/mol. The summed E-state index contributed by atoms with van der Waals surface area (Å²) in [6.07, 6.45) is -0.0738. The number of carbonyl (C=O) groups excluding carboxylic acids is 1. The third-order valence-electron chi connectivity index (χ3n) is 4.14. The number of morpholine rings is 1. The molecular formula is C17H18FN3O4. The first-order valence-corrected chi connectivity index (χ1v) is 7.85. The van der Waals surface area contributed by atoms with Crippen LogP contribution in [-0.4, -0.2) is 57.0 Å². The van der Waals surface area contributed by atoms with Crippen LogP contribution in [0.4, 0.5) is 4.39 Å². The summed E-state index contributed by atoms with van der Waals surface area (Å²) in [5, 5.41) is 13.3. The number of ether oxygens (including phenoxy) is 1. The molecule has 1 amide bonds. The van der Waals surface area contributed by atoms with Gasteiger partial charge in [-0.15, -0.1) is 0 Å². The Kier molecular flexibility index (Phi) is 4.54. The first-order valence-electron chi connectivity index (χ1n) is 7.85. The number of carboxylic acid groups (broad SMARTS) is 1. The van der Waals surface area contributed by atoms with Crippen LogP contribution >= 0.6 is 0 Å². The molecule has 0 bridgehead atoms. The number of nitrogens with zero attached hydrogens (tertiary/aromatic N) is 3. The maximum atomic E-state index is 14.0. The van der Waals surface area contributed by atoms with Gasteiger partial charge >= 0.3 is 5.97 Å². The summed E-state index contributed by atoms with van der Waals surface area (Å²) in [5.41, 5.74) is 1.04. The second kappa shape index (κ2) is 6.64. The molecule has 1 aromatic carbocycles.